The van der Waals surface area contributed by atoms with Gasteiger partial charge in [-0.3, -0.25) is 14.4 Å². The number of benzene rings is 4. The Kier molecular flexibility index (Phi) is 7.52. The number of amides is 2. The third-order valence-corrected chi connectivity index (χ3v) is 9.93. The van der Waals surface area contributed by atoms with Crippen LogP contribution in [-0.2, 0) is 11.2 Å². The third kappa shape index (κ3) is 5.59. The molecule has 4 aromatic carbocycles. The molecule has 0 bridgehead atoms. The Bertz CT molecular complexity index is 1890. The molecule has 1 N–H and O–H groups in total. The topological polar surface area (TPSA) is 88.6 Å². The van der Waals surface area contributed by atoms with E-state index < -0.39 is 0 Å². The van der Waals surface area contributed by atoms with Crippen molar-refractivity contribution >= 4 is 56.6 Å². The van der Waals surface area contributed by atoms with Crippen LogP contribution in [0.25, 0.3) is 21.3 Å². The number of hydrogen-bond acceptors (Lipinski definition) is 7. The van der Waals surface area contributed by atoms with Crippen LogP contribution < -0.4 is 5.32 Å². The fourth-order valence-corrected chi connectivity index (χ4v) is 7.58. The number of Topliss-reactive ketones (excluding diaryl/α,β-unsaturated/α-hetero) is 1. The van der Waals surface area contributed by atoms with Crippen LogP contribution in [0.1, 0.15) is 42.2 Å². The Hall–Kier alpha value is -4.31. The summed E-state index contributed by atoms with van der Waals surface area (Å²) < 4.78 is 7.05. The number of fused-ring (bicyclic) bond motifs is 4. The highest BCUT2D eigenvalue weighted by Crippen LogP contribution is 2.37. The van der Waals surface area contributed by atoms with Crippen molar-refractivity contribution in [3.05, 3.63) is 113 Å². The number of nitrogens with zero attached hydrogens (tertiary/aromatic N) is 2. The summed E-state index contributed by atoms with van der Waals surface area (Å²) in [6.45, 7) is 2.00. The van der Waals surface area contributed by atoms with Gasteiger partial charge in [0.05, 0.1) is 40.3 Å². The predicted octanol–water partition coefficient (Wildman–Crippen LogP) is 6.57. The first-order valence-corrected chi connectivity index (χ1v) is 15.9. The van der Waals surface area contributed by atoms with Crippen molar-refractivity contribution in [2.24, 2.45) is 0 Å². The van der Waals surface area contributed by atoms with Gasteiger partial charge in [0.25, 0.3) is 11.8 Å². The minimum Gasteiger partial charge on any atom is -0.378 e. The van der Waals surface area contributed by atoms with Crippen LogP contribution in [0.4, 0.5) is 5.69 Å². The summed E-state index contributed by atoms with van der Waals surface area (Å²) in [4.78, 5) is 45.8. The molecular formula is C34H27N3O4S2. The molecule has 0 unspecified atom stereocenters. The lowest BCUT2D eigenvalue weighted by molar-refractivity contribution is 0.0302. The van der Waals surface area contributed by atoms with Crippen molar-refractivity contribution in [2.45, 2.75) is 10.8 Å². The molecule has 214 valence electrons. The van der Waals surface area contributed by atoms with Crippen LogP contribution in [0, 0.1) is 0 Å². The molecule has 9 heteroatoms. The van der Waals surface area contributed by atoms with E-state index in [1.807, 2.05) is 30.3 Å². The van der Waals surface area contributed by atoms with Crippen LogP contribution in [0.2, 0.25) is 0 Å². The molecule has 5 aromatic rings. The number of hydrogen-bond donors (Lipinski definition) is 1. The molecule has 1 aliphatic heterocycles. The number of thioether (sulfide) groups is 1. The van der Waals surface area contributed by atoms with Gasteiger partial charge < -0.3 is 15.0 Å². The normalized spacial score (nSPS) is 13.9. The van der Waals surface area contributed by atoms with E-state index in [2.05, 4.69) is 34.6 Å². The summed E-state index contributed by atoms with van der Waals surface area (Å²) in [5, 5.41) is 2.94. The maximum absolute atomic E-state index is 13.3. The SMILES string of the molecule is O=C(CSc1nc2ccc(NC(=O)c3ccccc3C(=O)N3CCOCC3)cc2s1)c1ccc2c(c1)Cc1ccccc1-2. The van der Waals surface area contributed by atoms with Gasteiger partial charge in [-0.2, -0.15) is 0 Å². The van der Waals surface area contributed by atoms with Gasteiger partial charge in [0, 0.05) is 24.3 Å². The van der Waals surface area contributed by atoms with Crippen molar-refractivity contribution < 1.29 is 19.1 Å². The highest BCUT2D eigenvalue weighted by Gasteiger charge is 2.24. The van der Waals surface area contributed by atoms with Crippen LogP contribution in [0.15, 0.2) is 89.3 Å². The second-order valence-corrected chi connectivity index (χ2v) is 12.7. The number of thiazole rings is 1. The highest BCUT2D eigenvalue weighted by atomic mass is 32.2. The summed E-state index contributed by atoms with van der Waals surface area (Å²) in [5.41, 5.74) is 7.79. The molecule has 43 heavy (non-hydrogen) atoms. The van der Waals surface area contributed by atoms with Gasteiger partial charge in [-0.1, -0.05) is 60.3 Å². The van der Waals surface area contributed by atoms with Gasteiger partial charge in [-0.05, 0) is 65.1 Å². The van der Waals surface area contributed by atoms with Crippen LogP contribution in [0.3, 0.4) is 0 Å². The maximum Gasteiger partial charge on any atom is 0.256 e. The van der Waals surface area contributed by atoms with E-state index in [0.717, 1.165) is 26.5 Å². The molecule has 0 spiro atoms. The van der Waals surface area contributed by atoms with E-state index in [0.29, 0.717) is 48.9 Å². The number of carbonyl (C=O) groups is 3. The van der Waals surface area contributed by atoms with E-state index in [-0.39, 0.29) is 17.6 Å². The van der Waals surface area contributed by atoms with Crippen LogP contribution in [0.5, 0.6) is 0 Å². The van der Waals surface area contributed by atoms with Crippen molar-refractivity contribution in [3.63, 3.8) is 0 Å². The lowest BCUT2D eigenvalue weighted by atomic mass is 10.0. The van der Waals surface area contributed by atoms with Crippen molar-refractivity contribution in [3.8, 4) is 11.1 Å². The van der Waals surface area contributed by atoms with Gasteiger partial charge in [-0.25, -0.2) is 4.98 Å². The first-order chi connectivity index (χ1) is 21.0. The molecule has 7 nitrogen and oxygen atoms in total. The summed E-state index contributed by atoms with van der Waals surface area (Å²) in [7, 11) is 0. The lowest BCUT2D eigenvalue weighted by Gasteiger charge is -2.27. The number of anilines is 1. The number of ether oxygens (including phenoxy) is 1. The smallest absolute Gasteiger partial charge is 0.256 e. The highest BCUT2D eigenvalue weighted by molar-refractivity contribution is 8.01. The molecule has 1 aromatic heterocycles. The molecule has 2 amide bonds. The van der Waals surface area contributed by atoms with Crippen molar-refractivity contribution in [1.29, 1.82) is 0 Å². The average Bonchev–Trinajstić information content (AvgIpc) is 3.64. The standard InChI is InChI=1S/C34H27N3O4S2/c38-30(22-9-11-26-23(18-22)17-21-5-1-2-6-25(21)26)20-42-34-36-29-12-10-24(19-31(29)43-34)35-32(39)27-7-3-4-8-28(27)33(40)37-13-15-41-16-14-37/h1-12,18-19H,13-17,20H2,(H,35,39). The molecule has 1 aliphatic carbocycles. The van der Waals surface area contributed by atoms with Gasteiger partial charge >= 0.3 is 0 Å². The van der Waals surface area contributed by atoms with Crippen LogP contribution >= 0.6 is 23.1 Å². The summed E-state index contributed by atoms with van der Waals surface area (Å²) in [6.07, 6.45) is 0.853. The van der Waals surface area contributed by atoms with Gasteiger partial charge in [0.2, 0.25) is 0 Å². The van der Waals surface area contributed by atoms with Crippen molar-refractivity contribution in [2.75, 3.05) is 37.4 Å². The molecule has 7 rings (SSSR count). The molecule has 0 saturated carbocycles. The Balaban J connectivity index is 1.02. The molecule has 2 aliphatic rings. The Labute approximate surface area is 256 Å². The van der Waals surface area contributed by atoms with Gasteiger partial charge in [0.15, 0.2) is 10.1 Å². The maximum atomic E-state index is 13.3. The Morgan fingerprint density at radius 1 is 0.860 bits per heavy atom. The van der Waals surface area contributed by atoms with Gasteiger partial charge in [-0.15, -0.1) is 11.3 Å². The molecular weight excluding hydrogens is 579 g/mol. The summed E-state index contributed by atoms with van der Waals surface area (Å²) in [5.74, 6) is -0.156. The first kappa shape index (κ1) is 27.5. The number of ketones is 1. The van der Waals surface area contributed by atoms with E-state index in [1.165, 1.54) is 45.4 Å². The predicted molar refractivity (Wildman–Crippen MR) is 170 cm³/mol. The first-order valence-electron chi connectivity index (χ1n) is 14.1. The average molecular weight is 606 g/mol. The Morgan fingerprint density at radius 2 is 1.63 bits per heavy atom. The zero-order valence-corrected chi connectivity index (χ0v) is 24.8. The molecule has 0 radical (unpaired) electrons. The second-order valence-electron chi connectivity index (χ2n) is 10.5. The minimum absolute atomic E-state index is 0.0706. The van der Waals surface area contributed by atoms with Gasteiger partial charge in [0.1, 0.15) is 0 Å². The number of rotatable bonds is 7. The lowest BCUT2D eigenvalue weighted by Crippen LogP contribution is -2.41. The van der Waals surface area contributed by atoms with Crippen molar-refractivity contribution in [1.82, 2.24) is 9.88 Å². The van der Waals surface area contributed by atoms with E-state index in [4.69, 9.17) is 4.74 Å². The molecule has 1 saturated heterocycles. The summed E-state index contributed by atoms with van der Waals surface area (Å²) in [6, 6.07) is 26.8. The third-order valence-electron chi connectivity index (χ3n) is 7.77. The quantitative estimate of drug-likeness (QED) is 0.164. The fraction of sp³-hybridized carbons (Fsp3) is 0.176. The van der Waals surface area contributed by atoms with Crippen LogP contribution in [-0.4, -0.2) is 59.5 Å². The summed E-state index contributed by atoms with van der Waals surface area (Å²) >= 11 is 2.91. The monoisotopic (exact) mass is 605 g/mol. The van der Waals surface area contributed by atoms with E-state index in [1.54, 1.807) is 35.2 Å². The minimum atomic E-state index is -0.348. The number of morpholine rings is 1. The Morgan fingerprint density at radius 3 is 2.49 bits per heavy atom. The molecule has 0 atom stereocenters. The fourth-order valence-electron chi connectivity index (χ4n) is 5.57. The second kappa shape index (κ2) is 11.8. The number of carbonyl (C=O) groups excluding carboxylic acids is 3. The van der Waals surface area contributed by atoms with E-state index in [9.17, 15) is 14.4 Å². The van der Waals surface area contributed by atoms with E-state index >= 15 is 0 Å². The number of nitrogens with one attached hydrogen (secondary N) is 1. The molecule has 1 fully saturated rings. The number of aromatic nitrogens is 1. The zero-order chi connectivity index (χ0) is 29.3. The molecule has 2 heterocycles. The zero-order valence-electron chi connectivity index (χ0n) is 23.2. The largest absolute Gasteiger partial charge is 0.378 e.